The summed E-state index contributed by atoms with van der Waals surface area (Å²) in [6, 6.07) is 19.4. The molecule has 0 aromatic heterocycles. The van der Waals surface area contributed by atoms with Gasteiger partial charge in [0.15, 0.2) is 0 Å². The van der Waals surface area contributed by atoms with Crippen molar-refractivity contribution in [1.82, 2.24) is 0 Å². The lowest BCUT2D eigenvalue weighted by atomic mass is 9.76. The van der Waals surface area contributed by atoms with Gasteiger partial charge in [-0.25, -0.2) is 0 Å². The van der Waals surface area contributed by atoms with Gasteiger partial charge in [0.1, 0.15) is 11.2 Å². The van der Waals surface area contributed by atoms with Crippen LogP contribution in [0, 0.1) is 0 Å². The summed E-state index contributed by atoms with van der Waals surface area (Å²) in [4.78, 5) is 0. The molecule has 0 N–H and O–H groups in total. The Morgan fingerprint density at radius 3 is 2.57 bits per heavy atom. The molecule has 2 unspecified atom stereocenters. The minimum atomic E-state index is -0.253. The Hall–Kier alpha value is -2.12. The Bertz CT molecular complexity index is 815. The van der Waals surface area contributed by atoms with E-state index in [-0.39, 0.29) is 11.2 Å². The van der Waals surface area contributed by atoms with Crippen LogP contribution in [0.4, 0.5) is 0 Å². The zero-order valence-corrected chi connectivity index (χ0v) is 12.0. The fourth-order valence-electron chi connectivity index (χ4n) is 4.13. The maximum absolute atomic E-state index is 6.34. The number of allylic oxidation sites excluding steroid dienone is 2. The van der Waals surface area contributed by atoms with E-state index in [1.165, 1.54) is 27.8 Å². The van der Waals surface area contributed by atoms with E-state index < -0.39 is 0 Å². The Morgan fingerprint density at radius 2 is 1.71 bits per heavy atom. The molecule has 1 nitrogen and oxygen atoms in total. The quantitative estimate of drug-likeness (QED) is 0.707. The van der Waals surface area contributed by atoms with Crippen molar-refractivity contribution in [3.05, 3.63) is 89.0 Å². The van der Waals surface area contributed by atoms with Gasteiger partial charge in [0.05, 0.1) is 0 Å². The van der Waals surface area contributed by atoms with Gasteiger partial charge in [-0.1, -0.05) is 60.7 Å². The fraction of sp³-hybridized carbons (Fsp3) is 0.200. The lowest BCUT2D eigenvalue weighted by molar-refractivity contribution is 0.308. The highest BCUT2D eigenvalue weighted by Gasteiger charge is 2.70. The van der Waals surface area contributed by atoms with Crippen molar-refractivity contribution >= 4 is 5.57 Å². The fourth-order valence-corrected chi connectivity index (χ4v) is 4.13. The molecule has 1 aliphatic heterocycles. The molecule has 2 atom stereocenters. The van der Waals surface area contributed by atoms with E-state index in [4.69, 9.17) is 4.74 Å². The Morgan fingerprint density at radius 1 is 0.952 bits per heavy atom. The van der Waals surface area contributed by atoms with Gasteiger partial charge in [0, 0.05) is 0 Å². The van der Waals surface area contributed by atoms with Crippen LogP contribution in [0.1, 0.15) is 23.6 Å². The van der Waals surface area contributed by atoms with Gasteiger partial charge >= 0.3 is 0 Å². The first kappa shape index (κ1) is 11.5. The summed E-state index contributed by atoms with van der Waals surface area (Å²) < 4.78 is 6.34. The summed E-state index contributed by atoms with van der Waals surface area (Å²) in [5.74, 6) is 0. The highest BCUT2D eigenvalue weighted by molar-refractivity contribution is 5.87. The first-order valence-electron chi connectivity index (χ1n) is 7.51. The van der Waals surface area contributed by atoms with Gasteiger partial charge in [-0.3, -0.25) is 0 Å². The molecule has 0 bridgehead atoms. The summed E-state index contributed by atoms with van der Waals surface area (Å²) >= 11 is 0. The normalized spacial score (nSPS) is 31.7. The van der Waals surface area contributed by atoms with Crippen LogP contribution < -0.4 is 0 Å². The molecule has 2 aromatic carbocycles. The Balaban J connectivity index is 1.75. The van der Waals surface area contributed by atoms with E-state index in [0.29, 0.717) is 0 Å². The minimum absolute atomic E-state index is 0.185. The van der Waals surface area contributed by atoms with Crippen molar-refractivity contribution in [3.63, 3.8) is 0 Å². The molecule has 5 rings (SSSR count). The molecule has 3 aliphatic rings. The monoisotopic (exact) mass is 272 g/mol. The van der Waals surface area contributed by atoms with E-state index in [0.717, 1.165) is 6.42 Å². The van der Waals surface area contributed by atoms with Crippen LogP contribution in [0.2, 0.25) is 0 Å². The summed E-state index contributed by atoms with van der Waals surface area (Å²) in [6.07, 6.45) is 5.50. The zero-order valence-electron chi connectivity index (χ0n) is 12.0. The van der Waals surface area contributed by atoms with E-state index in [9.17, 15) is 0 Å². The molecule has 1 fully saturated rings. The molecule has 1 heteroatoms. The van der Waals surface area contributed by atoms with Crippen LogP contribution in [0.25, 0.3) is 5.57 Å². The van der Waals surface area contributed by atoms with Crippen molar-refractivity contribution in [1.29, 1.82) is 0 Å². The summed E-state index contributed by atoms with van der Waals surface area (Å²) in [5, 5.41) is 0. The predicted molar refractivity (Wildman–Crippen MR) is 83.8 cm³/mol. The number of epoxide rings is 1. The standard InChI is InChI=1S/C20H16O/c1-19-12-11-17-16-10-6-5-7-14(16)13-18(17)20(19,21-19)15-8-3-2-4-9-15/h2-12H,13H2,1H3. The molecule has 1 saturated heterocycles. The smallest absolute Gasteiger partial charge is 0.149 e. The summed E-state index contributed by atoms with van der Waals surface area (Å²) in [7, 11) is 0. The molecule has 2 aromatic rings. The summed E-state index contributed by atoms with van der Waals surface area (Å²) in [6.45, 7) is 2.20. The maximum Gasteiger partial charge on any atom is 0.149 e. The van der Waals surface area contributed by atoms with Gasteiger partial charge in [-0.05, 0) is 47.3 Å². The molecule has 1 heterocycles. The number of rotatable bonds is 1. The van der Waals surface area contributed by atoms with E-state index in [2.05, 4.69) is 73.7 Å². The third-order valence-electron chi connectivity index (χ3n) is 5.20. The molecule has 0 saturated carbocycles. The van der Waals surface area contributed by atoms with Crippen molar-refractivity contribution in [2.75, 3.05) is 0 Å². The largest absolute Gasteiger partial charge is 0.348 e. The average molecular weight is 272 g/mol. The summed E-state index contributed by atoms with van der Waals surface area (Å²) in [5.41, 5.74) is 6.42. The first-order valence-corrected chi connectivity index (χ1v) is 7.51. The van der Waals surface area contributed by atoms with E-state index in [1.54, 1.807) is 0 Å². The highest BCUT2D eigenvalue weighted by Crippen LogP contribution is 2.66. The number of hydrogen-bond donors (Lipinski definition) is 0. The number of ether oxygens (including phenoxy) is 1. The van der Waals surface area contributed by atoms with E-state index >= 15 is 0 Å². The molecule has 0 amide bonds. The van der Waals surface area contributed by atoms with Gasteiger partial charge in [-0.15, -0.1) is 0 Å². The lowest BCUT2D eigenvalue weighted by Crippen LogP contribution is -2.25. The van der Waals surface area contributed by atoms with Crippen LogP contribution in [0.5, 0.6) is 0 Å². The zero-order chi connectivity index (χ0) is 14.1. The third kappa shape index (κ3) is 1.26. The molecule has 102 valence electrons. The minimum Gasteiger partial charge on any atom is -0.348 e. The van der Waals surface area contributed by atoms with Crippen molar-refractivity contribution in [3.8, 4) is 0 Å². The number of benzene rings is 2. The second-order valence-corrected chi connectivity index (χ2v) is 6.32. The molecule has 0 radical (unpaired) electrons. The Labute approximate surface area is 124 Å². The number of fused-ring (bicyclic) bond motifs is 4. The first-order chi connectivity index (χ1) is 10.2. The lowest BCUT2D eigenvalue weighted by Gasteiger charge is -2.22. The highest BCUT2D eigenvalue weighted by atomic mass is 16.6. The van der Waals surface area contributed by atoms with Crippen molar-refractivity contribution < 1.29 is 4.74 Å². The van der Waals surface area contributed by atoms with Crippen LogP contribution in [0.15, 0.2) is 72.3 Å². The SMILES string of the molecule is CC12C=CC3=C(Cc4ccccc43)C1(c1ccccc1)O2. The van der Waals surface area contributed by atoms with Crippen molar-refractivity contribution in [2.45, 2.75) is 24.5 Å². The van der Waals surface area contributed by atoms with Gasteiger partial charge < -0.3 is 4.74 Å². The molecule has 21 heavy (non-hydrogen) atoms. The molecular weight excluding hydrogens is 256 g/mol. The van der Waals surface area contributed by atoms with Crippen LogP contribution in [0.3, 0.4) is 0 Å². The topological polar surface area (TPSA) is 12.5 Å². The average Bonchev–Trinajstić information content (AvgIpc) is 3.01. The Kier molecular flexibility index (Phi) is 1.95. The number of hydrogen-bond acceptors (Lipinski definition) is 1. The van der Waals surface area contributed by atoms with Crippen LogP contribution in [-0.4, -0.2) is 5.60 Å². The second kappa shape index (κ2) is 3.55. The van der Waals surface area contributed by atoms with Crippen molar-refractivity contribution in [2.24, 2.45) is 0 Å². The molecule has 2 aliphatic carbocycles. The van der Waals surface area contributed by atoms with E-state index in [1.807, 2.05) is 0 Å². The third-order valence-corrected chi connectivity index (χ3v) is 5.20. The van der Waals surface area contributed by atoms with Gasteiger partial charge in [-0.2, -0.15) is 0 Å². The molecular formula is C20H16O. The van der Waals surface area contributed by atoms with Gasteiger partial charge in [0.2, 0.25) is 0 Å². The predicted octanol–water partition coefficient (Wildman–Crippen LogP) is 4.25. The maximum atomic E-state index is 6.34. The second-order valence-electron chi connectivity index (χ2n) is 6.32. The van der Waals surface area contributed by atoms with Crippen LogP contribution >= 0.6 is 0 Å². The van der Waals surface area contributed by atoms with Gasteiger partial charge in [0.25, 0.3) is 0 Å². The van der Waals surface area contributed by atoms with Crippen LogP contribution in [-0.2, 0) is 16.8 Å². The molecule has 0 spiro atoms.